The van der Waals surface area contributed by atoms with E-state index in [9.17, 15) is 5.26 Å². The second kappa shape index (κ2) is 11.0. The van der Waals surface area contributed by atoms with Crippen molar-refractivity contribution >= 4 is 66.1 Å². The lowest BCUT2D eigenvalue weighted by Gasteiger charge is -2.15. The molecule has 0 heterocycles. The lowest BCUT2D eigenvalue weighted by atomic mass is 10.0. The molecule has 0 aliphatic carbocycles. The molecule has 0 fully saturated rings. The van der Waals surface area contributed by atoms with Crippen LogP contribution in [0.2, 0.25) is 0 Å². The summed E-state index contributed by atoms with van der Waals surface area (Å²) in [7, 11) is 0. The fourth-order valence-electron chi connectivity index (χ4n) is 2.79. The molecular weight excluding hydrogens is 621 g/mol. The number of allylic oxidation sites excluding steroid dienone is 1. The average Bonchev–Trinajstić information content (AvgIpc) is 2.73. The van der Waals surface area contributed by atoms with Crippen LogP contribution in [-0.2, 0) is 6.61 Å². The first-order valence-electron chi connectivity index (χ1n) is 9.21. The molecule has 0 amide bonds. The average molecular weight is 639 g/mol. The van der Waals surface area contributed by atoms with Crippen LogP contribution in [0.3, 0.4) is 0 Å². The number of hydrogen-bond acceptors (Lipinski definition) is 3. The fraction of sp³-hybridized carbons (Fsp3) is 0.125. The maximum Gasteiger partial charge on any atom is 0.175 e. The Hall–Kier alpha value is -1.82. The Balaban J connectivity index is 1.90. The van der Waals surface area contributed by atoms with Crippen LogP contribution in [-0.4, -0.2) is 6.61 Å². The van der Waals surface area contributed by atoms with Gasteiger partial charge in [0.1, 0.15) is 6.61 Å². The zero-order valence-corrected chi connectivity index (χ0v) is 21.5. The molecule has 0 unspecified atom stereocenters. The van der Waals surface area contributed by atoms with Crippen LogP contribution in [0.25, 0.3) is 11.6 Å². The molecule has 0 saturated heterocycles. The Morgan fingerprint density at radius 1 is 1.03 bits per heavy atom. The summed E-state index contributed by atoms with van der Waals surface area (Å²) in [5.41, 5.74) is 3.38. The zero-order chi connectivity index (χ0) is 21.5. The Morgan fingerprint density at radius 2 is 1.73 bits per heavy atom. The van der Waals surface area contributed by atoms with Crippen molar-refractivity contribution in [2.24, 2.45) is 0 Å². The third kappa shape index (κ3) is 6.10. The molecule has 0 saturated carbocycles. The van der Waals surface area contributed by atoms with Gasteiger partial charge in [0.05, 0.1) is 22.7 Å². The number of ether oxygens (including phenoxy) is 2. The van der Waals surface area contributed by atoms with Gasteiger partial charge in [0.15, 0.2) is 11.5 Å². The number of rotatable bonds is 7. The van der Waals surface area contributed by atoms with Crippen LogP contribution in [0, 0.1) is 14.9 Å². The van der Waals surface area contributed by atoms with Gasteiger partial charge in [-0.2, -0.15) is 5.26 Å². The van der Waals surface area contributed by atoms with E-state index in [4.69, 9.17) is 9.47 Å². The highest BCUT2D eigenvalue weighted by molar-refractivity contribution is 14.1. The normalized spacial score (nSPS) is 11.1. The molecule has 0 atom stereocenters. The molecule has 0 radical (unpaired) electrons. The van der Waals surface area contributed by atoms with E-state index in [1.54, 1.807) is 0 Å². The maximum absolute atomic E-state index is 9.65. The molecule has 0 aliphatic heterocycles. The Morgan fingerprint density at radius 3 is 2.37 bits per heavy atom. The predicted octanol–water partition coefficient (Wildman–Crippen LogP) is 7.86. The summed E-state index contributed by atoms with van der Waals surface area (Å²) in [4.78, 5) is 0. The van der Waals surface area contributed by atoms with Crippen LogP contribution in [0.1, 0.15) is 23.6 Å². The van der Waals surface area contributed by atoms with E-state index < -0.39 is 0 Å². The van der Waals surface area contributed by atoms with Gasteiger partial charge in [-0.1, -0.05) is 40.2 Å². The molecule has 0 spiro atoms. The highest BCUT2D eigenvalue weighted by Crippen LogP contribution is 2.38. The lowest BCUT2D eigenvalue weighted by Crippen LogP contribution is -2.01. The molecule has 0 aromatic heterocycles. The lowest BCUT2D eigenvalue weighted by molar-refractivity contribution is 0.267. The molecule has 3 aromatic rings. The molecule has 0 N–H and O–H groups in total. The summed E-state index contributed by atoms with van der Waals surface area (Å²) in [5.74, 6) is 1.28. The van der Waals surface area contributed by atoms with Crippen molar-refractivity contribution in [2.75, 3.05) is 6.61 Å². The molecule has 3 nitrogen and oxygen atoms in total. The van der Waals surface area contributed by atoms with Gasteiger partial charge < -0.3 is 9.47 Å². The van der Waals surface area contributed by atoms with Crippen LogP contribution in [0.5, 0.6) is 11.5 Å². The summed E-state index contributed by atoms with van der Waals surface area (Å²) in [5, 5.41) is 9.65. The van der Waals surface area contributed by atoms with E-state index in [1.807, 2.05) is 73.7 Å². The smallest absolute Gasteiger partial charge is 0.175 e. The van der Waals surface area contributed by atoms with Gasteiger partial charge in [-0.15, -0.1) is 0 Å². The third-order valence-corrected chi connectivity index (χ3v) is 6.05. The second-order valence-electron chi connectivity index (χ2n) is 6.35. The van der Waals surface area contributed by atoms with E-state index >= 15 is 0 Å². The number of hydrogen-bond donors (Lipinski definition) is 0. The van der Waals surface area contributed by atoms with Crippen molar-refractivity contribution in [1.82, 2.24) is 0 Å². The highest BCUT2D eigenvalue weighted by atomic mass is 127. The monoisotopic (exact) mass is 637 g/mol. The van der Waals surface area contributed by atoms with Crippen molar-refractivity contribution in [1.29, 1.82) is 5.26 Å². The minimum absolute atomic E-state index is 0.424. The van der Waals surface area contributed by atoms with Crippen molar-refractivity contribution in [2.45, 2.75) is 13.5 Å². The first-order chi connectivity index (χ1) is 14.5. The van der Waals surface area contributed by atoms with Crippen LogP contribution in [0.4, 0.5) is 0 Å². The van der Waals surface area contributed by atoms with Crippen LogP contribution in [0.15, 0.2) is 69.6 Å². The van der Waals surface area contributed by atoms with Crippen LogP contribution < -0.4 is 9.47 Å². The predicted molar refractivity (Wildman–Crippen MR) is 136 cm³/mol. The summed E-state index contributed by atoms with van der Waals surface area (Å²) in [6.07, 6.45) is 1.86. The largest absolute Gasteiger partial charge is 0.490 e. The van der Waals surface area contributed by atoms with Gasteiger partial charge in [0.25, 0.3) is 0 Å². The summed E-state index contributed by atoms with van der Waals surface area (Å²) in [6.45, 7) is 2.87. The van der Waals surface area contributed by atoms with Crippen molar-refractivity contribution in [3.05, 3.63) is 89.9 Å². The summed E-state index contributed by atoms with van der Waals surface area (Å²) >= 11 is 9.30. The standard InChI is InChI=1S/C24H18Br2INO2/c1-2-29-23-13-17(11-19(14-28)18-5-9-21(27)10-6-18)12-22(26)24(23)30-15-16-3-7-20(25)8-4-16/h3-13H,2,15H2,1H3/b19-11-. The van der Waals surface area contributed by atoms with E-state index in [-0.39, 0.29) is 0 Å². The van der Waals surface area contributed by atoms with Gasteiger partial charge >= 0.3 is 0 Å². The van der Waals surface area contributed by atoms with Gasteiger partial charge in [-0.05, 0) is 105 Å². The number of nitriles is 1. The first-order valence-corrected chi connectivity index (χ1v) is 11.9. The second-order valence-corrected chi connectivity index (χ2v) is 9.37. The quantitative estimate of drug-likeness (QED) is 0.150. The Bertz CT molecular complexity index is 1090. The molecular formula is C24H18Br2INO2. The van der Waals surface area contributed by atoms with Crippen molar-refractivity contribution in [3.8, 4) is 17.6 Å². The van der Waals surface area contributed by atoms with E-state index in [0.29, 0.717) is 30.3 Å². The van der Waals surface area contributed by atoms with Crippen molar-refractivity contribution < 1.29 is 9.47 Å². The molecule has 0 aliphatic rings. The van der Waals surface area contributed by atoms with Gasteiger partial charge in [0, 0.05) is 8.04 Å². The number of nitrogens with zero attached hydrogens (tertiary/aromatic N) is 1. The number of benzene rings is 3. The zero-order valence-electron chi connectivity index (χ0n) is 16.2. The first kappa shape index (κ1) is 22.9. The summed E-state index contributed by atoms with van der Waals surface area (Å²) in [6, 6.07) is 22.0. The van der Waals surface area contributed by atoms with Crippen molar-refractivity contribution in [3.63, 3.8) is 0 Å². The van der Waals surface area contributed by atoms with Crippen LogP contribution >= 0.6 is 54.5 Å². The Kier molecular flexibility index (Phi) is 8.37. The molecule has 152 valence electrons. The third-order valence-electron chi connectivity index (χ3n) is 4.21. The number of halogens is 3. The Labute approximate surface area is 207 Å². The molecule has 30 heavy (non-hydrogen) atoms. The molecule has 6 heteroatoms. The summed E-state index contributed by atoms with van der Waals surface area (Å²) < 4.78 is 14.8. The molecule has 3 aromatic carbocycles. The fourth-order valence-corrected chi connectivity index (χ4v) is 3.98. The maximum atomic E-state index is 9.65. The molecule has 0 bridgehead atoms. The molecule has 3 rings (SSSR count). The van der Waals surface area contributed by atoms with Gasteiger partial charge in [0.2, 0.25) is 0 Å². The van der Waals surface area contributed by atoms with Gasteiger partial charge in [-0.25, -0.2) is 0 Å². The van der Waals surface area contributed by atoms with E-state index in [1.165, 1.54) is 0 Å². The van der Waals surface area contributed by atoms with Gasteiger partial charge in [-0.3, -0.25) is 0 Å². The minimum atomic E-state index is 0.424. The SMILES string of the molecule is CCOc1cc(/C=C(/C#N)c2ccc(I)cc2)cc(Br)c1OCc1ccc(Br)cc1. The minimum Gasteiger partial charge on any atom is -0.490 e. The van der Waals surface area contributed by atoms with E-state index in [0.717, 1.165) is 29.2 Å². The highest BCUT2D eigenvalue weighted by Gasteiger charge is 2.13. The van der Waals surface area contributed by atoms with E-state index in [2.05, 4.69) is 60.5 Å². The topological polar surface area (TPSA) is 42.2 Å².